The van der Waals surface area contributed by atoms with Crippen LogP contribution in [0.25, 0.3) is 0 Å². The monoisotopic (exact) mass is 407 g/mol. The molecule has 1 unspecified atom stereocenters. The lowest BCUT2D eigenvalue weighted by molar-refractivity contribution is -0.139. The number of fused-ring (bicyclic) bond motifs is 1. The number of carboxylic acids is 1. The fourth-order valence-electron chi connectivity index (χ4n) is 3.82. The van der Waals surface area contributed by atoms with E-state index >= 15 is 0 Å². The van der Waals surface area contributed by atoms with Crippen molar-refractivity contribution < 1.29 is 19.8 Å². The first-order valence-electron chi connectivity index (χ1n) is 8.31. The standard InChI is InChI=1S/C20H19Cl2NO4/c1-19(2)18(23-26)15-12(20(19,3)11-7-5-4-6-8-11)9-13(16(21)17(15)22)27-10-14(24)25/h4-9,26H,10H2,1-3H3,(H,24,25). The molecule has 0 amide bonds. The summed E-state index contributed by atoms with van der Waals surface area (Å²) in [6.45, 7) is 5.43. The van der Waals surface area contributed by atoms with Crippen LogP contribution >= 0.6 is 23.2 Å². The highest BCUT2D eigenvalue weighted by Crippen LogP contribution is 2.58. The SMILES string of the molecule is CC1(C)C(=NO)c2c(cc(OCC(=O)O)c(Cl)c2Cl)C1(C)c1ccccc1. The number of hydrogen-bond acceptors (Lipinski definition) is 4. The number of nitrogens with zero attached hydrogens (tertiary/aromatic N) is 1. The molecule has 142 valence electrons. The van der Waals surface area contributed by atoms with Crippen LogP contribution in [0.5, 0.6) is 5.75 Å². The molecule has 0 bridgehead atoms. The third-order valence-corrected chi connectivity index (χ3v) is 6.44. The van der Waals surface area contributed by atoms with Crippen LogP contribution in [0.4, 0.5) is 0 Å². The number of benzene rings is 2. The Morgan fingerprint density at radius 1 is 1.15 bits per heavy atom. The molecular formula is C20H19Cl2NO4. The fourth-order valence-corrected chi connectivity index (χ4v) is 4.31. The molecule has 7 heteroatoms. The van der Waals surface area contributed by atoms with Gasteiger partial charge in [-0.3, -0.25) is 0 Å². The van der Waals surface area contributed by atoms with Gasteiger partial charge in [-0.1, -0.05) is 79.5 Å². The van der Waals surface area contributed by atoms with Gasteiger partial charge in [0.1, 0.15) is 10.8 Å². The minimum absolute atomic E-state index is 0.0888. The summed E-state index contributed by atoms with van der Waals surface area (Å²) in [6.07, 6.45) is 0. The Bertz CT molecular complexity index is 941. The summed E-state index contributed by atoms with van der Waals surface area (Å²) >= 11 is 12.9. The molecule has 5 nitrogen and oxygen atoms in total. The van der Waals surface area contributed by atoms with Crippen LogP contribution < -0.4 is 4.74 Å². The van der Waals surface area contributed by atoms with Crippen LogP contribution in [0, 0.1) is 5.41 Å². The molecule has 27 heavy (non-hydrogen) atoms. The average Bonchev–Trinajstić information content (AvgIpc) is 2.81. The Balaban J connectivity index is 2.33. The second kappa shape index (κ2) is 6.73. The summed E-state index contributed by atoms with van der Waals surface area (Å²) in [7, 11) is 0. The lowest BCUT2D eigenvalue weighted by Crippen LogP contribution is -2.40. The summed E-state index contributed by atoms with van der Waals surface area (Å²) in [5, 5.41) is 22.5. The summed E-state index contributed by atoms with van der Waals surface area (Å²) in [4.78, 5) is 10.9. The second-order valence-electron chi connectivity index (χ2n) is 7.17. The zero-order chi connectivity index (χ0) is 20.0. The van der Waals surface area contributed by atoms with Crippen LogP contribution in [-0.4, -0.2) is 28.6 Å². The number of oxime groups is 1. The maximum absolute atomic E-state index is 10.9. The van der Waals surface area contributed by atoms with Crippen molar-refractivity contribution in [2.45, 2.75) is 26.2 Å². The molecule has 0 aromatic heterocycles. The third-order valence-electron chi connectivity index (χ3n) is 5.59. The molecule has 0 heterocycles. The Labute approximate surface area is 167 Å². The molecule has 0 aliphatic heterocycles. The van der Waals surface area contributed by atoms with Crippen molar-refractivity contribution in [3.8, 4) is 5.75 Å². The molecular weight excluding hydrogens is 389 g/mol. The molecule has 2 aromatic carbocycles. The molecule has 2 aromatic rings. The van der Waals surface area contributed by atoms with Crippen molar-refractivity contribution in [3.63, 3.8) is 0 Å². The van der Waals surface area contributed by atoms with Crippen molar-refractivity contribution >= 4 is 34.9 Å². The molecule has 0 saturated carbocycles. The second-order valence-corrected chi connectivity index (χ2v) is 7.93. The number of ether oxygens (including phenoxy) is 1. The van der Waals surface area contributed by atoms with E-state index in [1.54, 1.807) is 6.07 Å². The smallest absolute Gasteiger partial charge is 0.341 e. The molecule has 0 saturated heterocycles. The normalized spacial score (nSPS) is 21.9. The van der Waals surface area contributed by atoms with Crippen LogP contribution in [0.2, 0.25) is 10.0 Å². The van der Waals surface area contributed by atoms with Gasteiger partial charge in [-0.05, 0) is 17.2 Å². The molecule has 1 aliphatic rings. The lowest BCUT2D eigenvalue weighted by atomic mass is 9.63. The molecule has 2 N–H and O–H groups in total. The zero-order valence-electron chi connectivity index (χ0n) is 15.1. The number of halogens is 2. The molecule has 1 atom stereocenters. The van der Waals surface area contributed by atoms with Crippen molar-refractivity contribution in [3.05, 3.63) is 63.1 Å². The first kappa shape index (κ1) is 19.5. The Hall–Kier alpha value is -2.24. The van der Waals surface area contributed by atoms with E-state index in [2.05, 4.69) is 5.16 Å². The molecule has 0 radical (unpaired) electrons. The van der Waals surface area contributed by atoms with Crippen molar-refractivity contribution in [1.29, 1.82) is 0 Å². The minimum atomic E-state index is -1.12. The highest BCUT2D eigenvalue weighted by Gasteiger charge is 2.56. The topological polar surface area (TPSA) is 79.1 Å². The largest absolute Gasteiger partial charge is 0.480 e. The van der Waals surface area contributed by atoms with Gasteiger partial charge in [0.25, 0.3) is 0 Å². The van der Waals surface area contributed by atoms with E-state index in [0.717, 1.165) is 11.1 Å². The Morgan fingerprint density at radius 2 is 1.78 bits per heavy atom. The summed E-state index contributed by atoms with van der Waals surface area (Å²) in [6, 6.07) is 11.5. The highest BCUT2D eigenvalue weighted by atomic mass is 35.5. The zero-order valence-corrected chi connectivity index (χ0v) is 16.6. The van der Waals surface area contributed by atoms with Gasteiger partial charge in [0.05, 0.1) is 10.7 Å². The first-order valence-corrected chi connectivity index (χ1v) is 9.07. The van der Waals surface area contributed by atoms with Gasteiger partial charge in [-0.15, -0.1) is 0 Å². The van der Waals surface area contributed by atoms with Crippen molar-refractivity contribution in [1.82, 2.24) is 0 Å². The molecule has 3 rings (SSSR count). The van der Waals surface area contributed by atoms with Gasteiger partial charge in [0.2, 0.25) is 0 Å². The van der Waals surface area contributed by atoms with Crippen LogP contribution in [0.3, 0.4) is 0 Å². The average molecular weight is 408 g/mol. The maximum Gasteiger partial charge on any atom is 0.341 e. The van der Waals surface area contributed by atoms with Gasteiger partial charge in [-0.25, -0.2) is 4.79 Å². The number of aliphatic carboxylic acids is 1. The van der Waals surface area contributed by atoms with E-state index in [9.17, 15) is 10.0 Å². The van der Waals surface area contributed by atoms with E-state index in [4.69, 9.17) is 33.0 Å². The number of carboxylic acid groups (broad SMARTS) is 1. The number of hydrogen-bond donors (Lipinski definition) is 2. The van der Waals surface area contributed by atoms with Crippen molar-refractivity contribution in [2.75, 3.05) is 6.61 Å². The predicted octanol–water partition coefficient (Wildman–Crippen LogP) is 4.98. The summed E-state index contributed by atoms with van der Waals surface area (Å²) < 4.78 is 5.35. The van der Waals surface area contributed by atoms with Crippen molar-refractivity contribution in [2.24, 2.45) is 10.6 Å². The first-order chi connectivity index (χ1) is 12.7. The molecule has 1 aliphatic carbocycles. The molecule has 0 fully saturated rings. The van der Waals surface area contributed by atoms with Crippen LogP contribution in [0.1, 0.15) is 37.5 Å². The fraction of sp³-hybridized carbons (Fsp3) is 0.300. The van der Waals surface area contributed by atoms with E-state index in [1.165, 1.54) is 0 Å². The summed E-state index contributed by atoms with van der Waals surface area (Å²) in [5.41, 5.74) is 1.49. The van der Waals surface area contributed by atoms with E-state index in [0.29, 0.717) is 11.3 Å². The van der Waals surface area contributed by atoms with Gasteiger partial charge in [0, 0.05) is 16.4 Å². The lowest BCUT2D eigenvalue weighted by Gasteiger charge is -2.39. The minimum Gasteiger partial charge on any atom is -0.480 e. The number of carbonyl (C=O) groups is 1. The predicted molar refractivity (Wildman–Crippen MR) is 105 cm³/mol. The Morgan fingerprint density at radius 3 is 2.33 bits per heavy atom. The van der Waals surface area contributed by atoms with Gasteiger partial charge in [0.15, 0.2) is 6.61 Å². The van der Waals surface area contributed by atoms with Crippen LogP contribution in [-0.2, 0) is 10.2 Å². The van der Waals surface area contributed by atoms with Crippen LogP contribution in [0.15, 0.2) is 41.6 Å². The van der Waals surface area contributed by atoms with E-state index < -0.39 is 23.4 Å². The molecule has 0 spiro atoms. The highest BCUT2D eigenvalue weighted by molar-refractivity contribution is 6.45. The van der Waals surface area contributed by atoms with Gasteiger partial charge in [-0.2, -0.15) is 0 Å². The number of rotatable bonds is 4. The maximum atomic E-state index is 10.9. The Kier molecular flexibility index (Phi) is 4.87. The van der Waals surface area contributed by atoms with Gasteiger partial charge < -0.3 is 15.1 Å². The third kappa shape index (κ3) is 2.77. The quantitative estimate of drug-likeness (QED) is 0.553. The van der Waals surface area contributed by atoms with E-state index in [1.807, 2.05) is 51.1 Å². The van der Waals surface area contributed by atoms with Gasteiger partial charge >= 0.3 is 5.97 Å². The van der Waals surface area contributed by atoms with E-state index in [-0.39, 0.29) is 15.8 Å². The summed E-state index contributed by atoms with van der Waals surface area (Å²) in [5.74, 6) is -0.939.